The summed E-state index contributed by atoms with van der Waals surface area (Å²) in [5.41, 5.74) is -0.404. The van der Waals surface area contributed by atoms with E-state index in [0.29, 0.717) is 19.3 Å². The van der Waals surface area contributed by atoms with Crippen LogP contribution in [-0.2, 0) is 33.3 Å². The number of rotatable bonds is 7. The van der Waals surface area contributed by atoms with Crippen molar-refractivity contribution >= 4 is 11.9 Å². The van der Waals surface area contributed by atoms with Crippen molar-refractivity contribution in [1.29, 1.82) is 0 Å². The molecule has 2 heterocycles. The maximum Gasteiger partial charge on any atom is 0.337 e. The third-order valence-corrected chi connectivity index (χ3v) is 17.2. The van der Waals surface area contributed by atoms with Crippen LogP contribution in [0.1, 0.15) is 106 Å². The second-order valence-corrected chi connectivity index (χ2v) is 20.3. The van der Waals surface area contributed by atoms with Crippen LogP contribution in [0.2, 0.25) is 0 Å². The monoisotopic (exact) mass is 794 g/mol. The number of hydrogen-bond donors (Lipinski definition) is 7. The smallest absolute Gasteiger partial charge is 0.337 e. The van der Waals surface area contributed by atoms with Gasteiger partial charge in [0.25, 0.3) is 0 Å². The van der Waals surface area contributed by atoms with Gasteiger partial charge in [0.2, 0.25) is 0 Å². The molecule has 2 saturated heterocycles. The zero-order chi connectivity index (χ0) is 41.0. The van der Waals surface area contributed by atoms with Gasteiger partial charge in [0, 0.05) is 5.41 Å². The number of esters is 1. The predicted octanol–water partition coefficient (Wildman–Crippen LogP) is 2.67. The summed E-state index contributed by atoms with van der Waals surface area (Å²) in [6, 6.07) is 0. The number of fused-ring (bicyclic) bond motifs is 7. The molecule has 7 N–H and O–H groups in total. The van der Waals surface area contributed by atoms with E-state index in [1.165, 1.54) is 5.57 Å². The van der Waals surface area contributed by atoms with Gasteiger partial charge in [-0.3, -0.25) is 4.79 Å². The number of methoxy groups -OCH3 is 1. The zero-order valence-corrected chi connectivity index (χ0v) is 34.1. The Hall–Kier alpha value is -1.72. The molecule has 4 saturated carbocycles. The van der Waals surface area contributed by atoms with Crippen molar-refractivity contribution in [2.45, 2.75) is 167 Å². The SMILES string of the molecule is COC(=O)C1OC(OC2C(O)COC(OC3CCC4(C)C(CCC5(C)C4CC=C4C6CC(C)(C)CCC6(C(=O)O)CCC45C)C3(C)CO)C2O)C(O)C(O)C1O. The molecule has 2 aliphatic heterocycles. The van der Waals surface area contributed by atoms with E-state index in [9.17, 15) is 45.3 Å². The third-order valence-electron chi connectivity index (χ3n) is 17.2. The number of carboxylic acid groups (broad SMARTS) is 1. The second-order valence-electron chi connectivity index (χ2n) is 20.3. The van der Waals surface area contributed by atoms with Crippen LogP contribution < -0.4 is 0 Å². The standard InChI is InChI=1S/C42H66O14/c1-37(2)14-16-42(36(50)51)17-15-40(5)21(22(42)18-37)8-9-25-38(3)12-11-26(39(4,20-43)24(38)10-13-41(25,40)6)54-34-30(48)31(23(44)19-53-34)55-35-29(47)27(45)28(46)32(56-35)33(49)52-7/h8,22-32,34-35,43-48H,9-20H2,1-7H3,(H,50,51). The lowest BCUT2D eigenvalue weighted by atomic mass is 9.33. The van der Waals surface area contributed by atoms with E-state index in [4.69, 9.17) is 18.9 Å². The molecule has 0 bridgehead atoms. The Bertz CT molecular complexity index is 1550. The number of aliphatic carboxylic acids is 1. The Morgan fingerprint density at radius 2 is 1.52 bits per heavy atom. The average Bonchev–Trinajstić information content (AvgIpc) is 3.14. The molecule has 0 aromatic heterocycles. The number of allylic oxidation sites excluding steroid dienone is 2. The number of carbonyl (C=O) groups is 2. The normalized spacial score (nSPS) is 52.7. The predicted molar refractivity (Wildman–Crippen MR) is 198 cm³/mol. The van der Waals surface area contributed by atoms with Crippen LogP contribution in [0.4, 0.5) is 0 Å². The fraction of sp³-hybridized carbons (Fsp3) is 0.905. The zero-order valence-electron chi connectivity index (χ0n) is 34.1. The van der Waals surface area contributed by atoms with E-state index in [2.05, 4.69) is 45.4 Å². The Labute approximate surface area is 329 Å². The Kier molecular flexibility index (Phi) is 11.0. The van der Waals surface area contributed by atoms with Crippen molar-refractivity contribution in [2.75, 3.05) is 20.3 Å². The summed E-state index contributed by atoms with van der Waals surface area (Å²) in [4.78, 5) is 25.3. The molecule has 7 rings (SSSR count). The number of ether oxygens (including phenoxy) is 5. The van der Waals surface area contributed by atoms with Crippen LogP contribution in [-0.4, -0.2) is 129 Å². The highest BCUT2D eigenvalue weighted by atomic mass is 16.7. The number of carbonyl (C=O) groups excluding carboxylic acids is 1. The maximum atomic E-state index is 13.0. The van der Waals surface area contributed by atoms with Crippen LogP contribution in [0.3, 0.4) is 0 Å². The molecule has 0 spiro atoms. The fourth-order valence-corrected chi connectivity index (χ4v) is 13.5. The van der Waals surface area contributed by atoms with E-state index < -0.39 is 84.2 Å². The van der Waals surface area contributed by atoms with Crippen molar-refractivity contribution < 1.29 is 69.0 Å². The minimum Gasteiger partial charge on any atom is -0.481 e. The summed E-state index contributed by atoms with van der Waals surface area (Å²) < 4.78 is 28.3. The van der Waals surface area contributed by atoms with Crippen molar-refractivity contribution in [3.05, 3.63) is 11.6 Å². The second kappa shape index (κ2) is 14.5. The molecular weight excluding hydrogens is 728 g/mol. The summed E-state index contributed by atoms with van der Waals surface area (Å²) in [6.07, 6.45) is -4.68. The van der Waals surface area contributed by atoms with E-state index in [-0.39, 0.29) is 52.6 Å². The van der Waals surface area contributed by atoms with Gasteiger partial charge in [0.05, 0.1) is 31.8 Å². The first-order valence-electron chi connectivity index (χ1n) is 20.7. The van der Waals surface area contributed by atoms with Gasteiger partial charge in [-0.1, -0.05) is 53.2 Å². The largest absolute Gasteiger partial charge is 0.481 e. The number of aliphatic hydroxyl groups is 6. The van der Waals surface area contributed by atoms with Crippen LogP contribution in [0.25, 0.3) is 0 Å². The van der Waals surface area contributed by atoms with Crippen molar-refractivity contribution in [3.63, 3.8) is 0 Å². The van der Waals surface area contributed by atoms with E-state index in [0.717, 1.165) is 52.1 Å². The third kappa shape index (κ3) is 6.17. The van der Waals surface area contributed by atoms with Gasteiger partial charge >= 0.3 is 11.9 Å². The van der Waals surface area contributed by atoms with Crippen LogP contribution in [0.15, 0.2) is 11.6 Å². The van der Waals surface area contributed by atoms with Crippen molar-refractivity contribution in [1.82, 2.24) is 0 Å². The molecule has 18 unspecified atom stereocenters. The summed E-state index contributed by atoms with van der Waals surface area (Å²) in [7, 11) is 1.07. The Morgan fingerprint density at radius 1 is 0.821 bits per heavy atom. The molecule has 318 valence electrons. The van der Waals surface area contributed by atoms with Crippen LogP contribution in [0, 0.1) is 50.2 Å². The van der Waals surface area contributed by atoms with E-state index >= 15 is 0 Å². The first kappa shape index (κ1) is 42.4. The highest BCUT2D eigenvalue weighted by Gasteiger charge is 2.70. The molecular formula is C42H66O14. The first-order chi connectivity index (χ1) is 26.1. The summed E-state index contributed by atoms with van der Waals surface area (Å²) >= 11 is 0. The molecule has 7 aliphatic rings. The molecule has 18 atom stereocenters. The number of aliphatic hydroxyl groups excluding tert-OH is 6. The minimum absolute atomic E-state index is 0.0183. The molecule has 14 heteroatoms. The van der Waals surface area contributed by atoms with E-state index in [1.807, 2.05) is 6.92 Å². The molecule has 6 fully saturated rings. The van der Waals surface area contributed by atoms with Crippen molar-refractivity contribution in [2.24, 2.45) is 50.2 Å². The highest BCUT2D eigenvalue weighted by Crippen LogP contribution is 2.76. The van der Waals surface area contributed by atoms with Gasteiger partial charge in [-0.05, 0) is 104 Å². The average molecular weight is 795 g/mol. The lowest BCUT2D eigenvalue weighted by Crippen LogP contribution is -2.67. The summed E-state index contributed by atoms with van der Waals surface area (Å²) in [5.74, 6) is -1.29. The molecule has 0 amide bonds. The summed E-state index contributed by atoms with van der Waals surface area (Å²) in [5, 5.41) is 75.7. The van der Waals surface area contributed by atoms with Crippen molar-refractivity contribution in [3.8, 4) is 0 Å². The quantitative estimate of drug-likeness (QED) is 0.112. The summed E-state index contributed by atoms with van der Waals surface area (Å²) in [6.45, 7) is 13.4. The van der Waals surface area contributed by atoms with Gasteiger partial charge in [-0.25, -0.2) is 4.79 Å². The number of hydrogen-bond acceptors (Lipinski definition) is 13. The minimum atomic E-state index is -1.84. The Morgan fingerprint density at radius 3 is 2.18 bits per heavy atom. The topological polar surface area (TPSA) is 222 Å². The lowest BCUT2D eigenvalue weighted by molar-refractivity contribution is -0.354. The van der Waals surface area contributed by atoms with Gasteiger partial charge in [0.15, 0.2) is 18.7 Å². The van der Waals surface area contributed by atoms with Gasteiger partial charge in [-0.2, -0.15) is 0 Å². The molecule has 56 heavy (non-hydrogen) atoms. The lowest BCUT2D eigenvalue weighted by Gasteiger charge is -2.71. The van der Waals surface area contributed by atoms with Gasteiger partial charge in [0.1, 0.15) is 36.6 Å². The van der Waals surface area contributed by atoms with Crippen LogP contribution in [0.5, 0.6) is 0 Å². The number of carboxylic acids is 1. The Balaban J connectivity index is 1.11. The molecule has 0 aromatic carbocycles. The maximum absolute atomic E-state index is 13.0. The molecule has 14 nitrogen and oxygen atoms in total. The molecule has 5 aliphatic carbocycles. The highest BCUT2D eigenvalue weighted by molar-refractivity contribution is 5.77. The molecule has 0 radical (unpaired) electrons. The van der Waals surface area contributed by atoms with Crippen LogP contribution >= 0.6 is 0 Å². The first-order valence-corrected chi connectivity index (χ1v) is 20.7. The molecule has 0 aromatic rings. The van der Waals surface area contributed by atoms with E-state index in [1.54, 1.807) is 0 Å². The van der Waals surface area contributed by atoms with Gasteiger partial charge in [-0.15, -0.1) is 0 Å². The fourth-order valence-electron chi connectivity index (χ4n) is 13.5. The van der Waals surface area contributed by atoms with Gasteiger partial charge < -0.3 is 59.4 Å².